The lowest BCUT2D eigenvalue weighted by molar-refractivity contribution is -0.148. The standard InChI is InChI=1S/C15H30N2O2/c1-7-16-15(4,14(18)19-6)9-12(3)17(5)10-13-8-11(13)2/h11-13,16H,7-10H2,1-6H3. The van der Waals surface area contributed by atoms with Crippen molar-refractivity contribution in [2.24, 2.45) is 11.8 Å². The topological polar surface area (TPSA) is 41.6 Å². The number of ether oxygens (including phenoxy) is 1. The first-order valence-corrected chi connectivity index (χ1v) is 7.37. The second kappa shape index (κ2) is 6.71. The molecule has 4 atom stereocenters. The lowest BCUT2D eigenvalue weighted by Crippen LogP contribution is -2.53. The zero-order chi connectivity index (χ0) is 14.6. The smallest absolute Gasteiger partial charge is 0.325 e. The maximum Gasteiger partial charge on any atom is 0.325 e. The molecule has 0 aromatic rings. The van der Waals surface area contributed by atoms with Gasteiger partial charge in [-0.25, -0.2) is 0 Å². The van der Waals surface area contributed by atoms with E-state index in [-0.39, 0.29) is 5.97 Å². The second-order valence-corrected chi connectivity index (χ2v) is 6.32. The van der Waals surface area contributed by atoms with Crippen LogP contribution in [0.25, 0.3) is 0 Å². The largest absolute Gasteiger partial charge is 0.468 e. The molecule has 1 N–H and O–H groups in total. The lowest BCUT2D eigenvalue weighted by atomic mass is 9.92. The van der Waals surface area contributed by atoms with Crippen molar-refractivity contribution in [1.82, 2.24) is 10.2 Å². The third-order valence-corrected chi connectivity index (χ3v) is 4.46. The molecule has 0 saturated heterocycles. The lowest BCUT2D eigenvalue weighted by Gasteiger charge is -2.34. The summed E-state index contributed by atoms with van der Waals surface area (Å²) in [6, 6.07) is 0.357. The maximum absolute atomic E-state index is 12.0. The molecule has 4 nitrogen and oxygen atoms in total. The van der Waals surface area contributed by atoms with E-state index in [2.05, 4.69) is 31.1 Å². The minimum atomic E-state index is -0.591. The first-order chi connectivity index (χ1) is 8.84. The molecule has 4 unspecified atom stereocenters. The average Bonchev–Trinajstić information content (AvgIpc) is 3.03. The summed E-state index contributed by atoms with van der Waals surface area (Å²) in [5.41, 5.74) is -0.591. The summed E-state index contributed by atoms with van der Waals surface area (Å²) in [6.45, 7) is 10.3. The van der Waals surface area contributed by atoms with Gasteiger partial charge in [0.25, 0.3) is 0 Å². The van der Waals surface area contributed by atoms with Gasteiger partial charge in [-0.15, -0.1) is 0 Å². The van der Waals surface area contributed by atoms with Gasteiger partial charge in [0.1, 0.15) is 5.54 Å². The minimum absolute atomic E-state index is 0.172. The van der Waals surface area contributed by atoms with Crippen LogP contribution in [-0.4, -0.2) is 49.7 Å². The quantitative estimate of drug-likeness (QED) is 0.684. The summed E-state index contributed by atoms with van der Waals surface area (Å²) in [5, 5.41) is 3.27. The van der Waals surface area contributed by atoms with Crippen LogP contribution in [0.15, 0.2) is 0 Å². The molecule has 0 aliphatic heterocycles. The van der Waals surface area contributed by atoms with Crippen molar-refractivity contribution in [1.29, 1.82) is 0 Å². The van der Waals surface area contributed by atoms with Gasteiger partial charge in [-0.2, -0.15) is 0 Å². The Morgan fingerprint density at radius 2 is 2.16 bits per heavy atom. The Balaban J connectivity index is 2.54. The van der Waals surface area contributed by atoms with Gasteiger partial charge in [-0.05, 0) is 52.1 Å². The van der Waals surface area contributed by atoms with Crippen LogP contribution in [0.5, 0.6) is 0 Å². The normalized spacial score (nSPS) is 26.9. The van der Waals surface area contributed by atoms with Gasteiger partial charge in [-0.3, -0.25) is 4.79 Å². The molecule has 1 fully saturated rings. The van der Waals surface area contributed by atoms with Crippen LogP contribution in [0.3, 0.4) is 0 Å². The highest BCUT2D eigenvalue weighted by molar-refractivity contribution is 5.80. The molecule has 1 rings (SSSR count). The van der Waals surface area contributed by atoms with E-state index in [1.165, 1.54) is 13.5 Å². The number of hydrogen-bond donors (Lipinski definition) is 1. The molecule has 112 valence electrons. The van der Waals surface area contributed by atoms with Crippen LogP contribution in [0, 0.1) is 11.8 Å². The first-order valence-electron chi connectivity index (χ1n) is 7.37. The Bertz CT molecular complexity index is 309. The van der Waals surface area contributed by atoms with Crippen LogP contribution < -0.4 is 5.32 Å². The van der Waals surface area contributed by atoms with Gasteiger partial charge in [0, 0.05) is 12.6 Å². The van der Waals surface area contributed by atoms with Gasteiger partial charge in [0.2, 0.25) is 0 Å². The molecular formula is C15H30N2O2. The van der Waals surface area contributed by atoms with Crippen LogP contribution in [0.4, 0.5) is 0 Å². The molecule has 19 heavy (non-hydrogen) atoms. The van der Waals surface area contributed by atoms with E-state index in [0.717, 1.165) is 31.3 Å². The van der Waals surface area contributed by atoms with E-state index in [4.69, 9.17) is 4.74 Å². The summed E-state index contributed by atoms with van der Waals surface area (Å²) in [4.78, 5) is 14.3. The van der Waals surface area contributed by atoms with Crippen molar-refractivity contribution in [3.8, 4) is 0 Å². The van der Waals surface area contributed by atoms with Crippen molar-refractivity contribution in [3.05, 3.63) is 0 Å². The molecule has 1 aliphatic rings. The Hall–Kier alpha value is -0.610. The van der Waals surface area contributed by atoms with Gasteiger partial charge >= 0.3 is 5.97 Å². The summed E-state index contributed by atoms with van der Waals surface area (Å²) < 4.78 is 4.94. The van der Waals surface area contributed by atoms with E-state index >= 15 is 0 Å². The zero-order valence-corrected chi connectivity index (χ0v) is 13.3. The van der Waals surface area contributed by atoms with Crippen molar-refractivity contribution in [2.75, 3.05) is 27.2 Å². The van der Waals surface area contributed by atoms with E-state index in [1.807, 2.05) is 13.8 Å². The Kier molecular flexibility index (Phi) is 5.81. The van der Waals surface area contributed by atoms with Crippen LogP contribution in [0.1, 0.15) is 40.5 Å². The summed E-state index contributed by atoms with van der Waals surface area (Å²) >= 11 is 0. The van der Waals surface area contributed by atoms with E-state index in [9.17, 15) is 4.79 Å². The first kappa shape index (κ1) is 16.4. The molecule has 0 radical (unpaired) electrons. The van der Waals surface area contributed by atoms with Crippen molar-refractivity contribution >= 4 is 5.97 Å². The summed E-state index contributed by atoms with van der Waals surface area (Å²) in [6.07, 6.45) is 2.11. The highest BCUT2D eigenvalue weighted by Crippen LogP contribution is 2.38. The Labute approximate surface area is 117 Å². The Morgan fingerprint density at radius 1 is 1.58 bits per heavy atom. The molecule has 1 saturated carbocycles. The number of nitrogens with zero attached hydrogens (tertiary/aromatic N) is 1. The number of esters is 1. The fourth-order valence-corrected chi connectivity index (χ4v) is 2.79. The van der Waals surface area contributed by atoms with E-state index in [0.29, 0.717) is 6.04 Å². The molecule has 1 aliphatic carbocycles. The molecule has 0 spiro atoms. The predicted molar refractivity (Wildman–Crippen MR) is 78.1 cm³/mol. The SMILES string of the molecule is CCNC(C)(CC(C)N(C)CC1CC1C)C(=O)OC. The second-order valence-electron chi connectivity index (χ2n) is 6.32. The number of methoxy groups -OCH3 is 1. The molecule has 0 amide bonds. The van der Waals surface area contributed by atoms with E-state index in [1.54, 1.807) is 0 Å². The predicted octanol–water partition coefficient (Wildman–Crippen LogP) is 1.89. The maximum atomic E-state index is 12.0. The highest BCUT2D eigenvalue weighted by Gasteiger charge is 2.38. The highest BCUT2D eigenvalue weighted by atomic mass is 16.5. The van der Waals surface area contributed by atoms with Crippen LogP contribution >= 0.6 is 0 Å². The van der Waals surface area contributed by atoms with Crippen LogP contribution in [-0.2, 0) is 9.53 Å². The number of nitrogens with one attached hydrogen (secondary N) is 1. The van der Waals surface area contributed by atoms with Crippen molar-refractivity contribution in [2.45, 2.75) is 52.1 Å². The third-order valence-electron chi connectivity index (χ3n) is 4.46. The fraction of sp³-hybridized carbons (Fsp3) is 0.933. The Morgan fingerprint density at radius 3 is 2.58 bits per heavy atom. The van der Waals surface area contributed by atoms with Gasteiger partial charge < -0.3 is 15.0 Å². The molecule has 0 heterocycles. The summed E-state index contributed by atoms with van der Waals surface area (Å²) in [7, 11) is 3.61. The minimum Gasteiger partial charge on any atom is -0.468 e. The fourth-order valence-electron chi connectivity index (χ4n) is 2.79. The van der Waals surface area contributed by atoms with Gasteiger partial charge in [0.15, 0.2) is 0 Å². The van der Waals surface area contributed by atoms with Gasteiger partial charge in [-0.1, -0.05) is 13.8 Å². The monoisotopic (exact) mass is 270 g/mol. The van der Waals surface area contributed by atoms with Crippen molar-refractivity contribution in [3.63, 3.8) is 0 Å². The number of rotatable bonds is 8. The molecule has 4 heteroatoms. The number of likely N-dealkylation sites (N-methyl/N-ethyl adjacent to an activating group) is 1. The van der Waals surface area contributed by atoms with E-state index < -0.39 is 5.54 Å². The van der Waals surface area contributed by atoms with Gasteiger partial charge in [0.05, 0.1) is 7.11 Å². The average molecular weight is 270 g/mol. The summed E-state index contributed by atoms with van der Waals surface area (Å²) in [5.74, 6) is 1.54. The number of hydrogen-bond acceptors (Lipinski definition) is 4. The molecule has 0 aromatic carbocycles. The van der Waals surface area contributed by atoms with Crippen LogP contribution in [0.2, 0.25) is 0 Å². The third kappa shape index (κ3) is 4.46. The number of carbonyl (C=O) groups is 1. The zero-order valence-electron chi connectivity index (χ0n) is 13.3. The molecule has 0 aromatic heterocycles. The molecular weight excluding hydrogens is 240 g/mol. The molecule has 0 bridgehead atoms. The van der Waals surface area contributed by atoms with Crippen molar-refractivity contribution < 1.29 is 9.53 Å². The number of carbonyl (C=O) groups excluding carboxylic acids is 1.